The predicted octanol–water partition coefficient (Wildman–Crippen LogP) is 2.60. The summed E-state index contributed by atoms with van der Waals surface area (Å²) in [6, 6.07) is 0. The van der Waals surface area contributed by atoms with Crippen LogP contribution in [0.25, 0.3) is 5.57 Å². The van der Waals surface area contributed by atoms with Gasteiger partial charge in [-0.25, -0.2) is 0 Å². The summed E-state index contributed by atoms with van der Waals surface area (Å²) in [5.41, 5.74) is 0.947. The maximum atomic E-state index is 5.39. The molecule has 0 amide bonds. The van der Waals surface area contributed by atoms with Gasteiger partial charge in [0.05, 0.1) is 0 Å². The Hall–Kier alpha value is -1.94. The highest BCUT2D eigenvalue weighted by molar-refractivity contribution is 5.70. The van der Waals surface area contributed by atoms with Crippen LogP contribution >= 0.6 is 0 Å². The van der Waals surface area contributed by atoms with E-state index in [1.165, 1.54) is 6.42 Å². The van der Waals surface area contributed by atoms with Crippen molar-refractivity contribution in [1.82, 2.24) is 15.5 Å². The standard InChI is InChI=1S/C15H17N3O/c1-2-4-7-12(8-5-3-1)15-17-14(18-19-15)13-9-6-10-16-11-13/h1-5,7-8,13,16H,6,9-11H2/b2-1-,3-1?,4-2?,5-3-,7-4-,8-5?,12-7?,12-8+. The molecule has 2 aliphatic rings. The number of hydrogen-bond acceptors (Lipinski definition) is 4. The largest absolute Gasteiger partial charge is 0.334 e. The van der Waals surface area contributed by atoms with Crippen LogP contribution in [0.3, 0.4) is 0 Å². The third-order valence-corrected chi connectivity index (χ3v) is 3.35. The van der Waals surface area contributed by atoms with Gasteiger partial charge in [-0.15, -0.1) is 0 Å². The highest BCUT2D eigenvalue weighted by Crippen LogP contribution is 2.23. The zero-order valence-electron chi connectivity index (χ0n) is 10.7. The number of aromatic nitrogens is 2. The molecule has 0 saturated carbocycles. The topological polar surface area (TPSA) is 51.0 Å². The zero-order valence-corrected chi connectivity index (χ0v) is 10.7. The number of allylic oxidation sites excluding steroid dienone is 8. The molecule has 98 valence electrons. The Morgan fingerprint density at radius 3 is 2.95 bits per heavy atom. The third-order valence-electron chi connectivity index (χ3n) is 3.35. The van der Waals surface area contributed by atoms with Gasteiger partial charge in [0, 0.05) is 18.0 Å². The van der Waals surface area contributed by atoms with Gasteiger partial charge in [0.25, 0.3) is 5.89 Å². The van der Waals surface area contributed by atoms with E-state index in [-0.39, 0.29) is 0 Å². The van der Waals surface area contributed by atoms with Crippen molar-refractivity contribution in [3.63, 3.8) is 0 Å². The summed E-state index contributed by atoms with van der Waals surface area (Å²) < 4.78 is 5.39. The quantitative estimate of drug-likeness (QED) is 0.882. The molecular formula is C15H17N3O. The smallest absolute Gasteiger partial charge is 0.257 e. The minimum Gasteiger partial charge on any atom is -0.334 e. The van der Waals surface area contributed by atoms with Crippen LogP contribution in [0.4, 0.5) is 0 Å². The van der Waals surface area contributed by atoms with E-state index in [4.69, 9.17) is 4.52 Å². The van der Waals surface area contributed by atoms with Crippen molar-refractivity contribution >= 4 is 5.57 Å². The molecule has 1 saturated heterocycles. The lowest BCUT2D eigenvalue weighted by Gasteiger charge is -2.19. The molecule has 0 bridgehead atoms. The van der Waals surface area contributed by atoms with E-state index >= 15 is 0 Å². The Balaban J connectivity index is 1.80. The average molecular weight is 255 g/mol. The minimum absolute atomic E-state index is 0.375. The summed E-state index contributed by atoms with van der Waals surface area (Å²) >= 11 is 0. The third kappa shape index (κ3) is 2.90. The summed E-state index contributed by atoms with van der Waals surface area (Å²) in [4.78, 5) is 4.53. The van der Waals surface area contributed by atoms with E-state index in [1.807, 2.05) is 42.5 Å². The summed E-state index contributed by atoms with van der Waals surface area (Å²) in [5, 5.41) is 7.50. The van der Waals surface area contributed by atoms with Crippen LogP contribution in [-0.2, 0) is 0 Å². The Morgan fingerprint density at radius 1 is 1.16 bits per heavy atom. The van der Waals surface area contributed by atoms with Crippen LogP contribution in [0.1, 0.15) is 30.5 Å². The lowest BCUT2D eigenvalue weighted by atomic mass is 9.99. The van der Waals surface area contributed by atoms with Crippen molar-refractivity contribution in [1.29, 1.82) is 0 Å². The van der Waals surface area contributed by atoms with Gasteiger partial charge in [-0.05, 0) is 31.5 Å². The van der Waals surface area contributed by atoms with Crippen LogP contribution in [0, 0.1) is 0 Å². The van der Waals surface area contributed by atoms with E-state index in [9.17, 15) is 0 Å². The molecule has 1 aromatic rings. The van der Waals surface area contributed by atoms with E-state index in [2.05, 4.69) is 15.5 Å². The van der Waals surface area contributed by atoms with E-state index < -0.39 is 0 Å². The number of nitrogens with zero attached hydrogens (tertiary/aromatic N) is 2. The van der Waals surface area contributed by atoms with Crippen LogP contribution < -0.4 is 5.32 Å². The molecule has 1 fully saturated rings. The molecule has 0 aromatic carbocycles. The van der Waals surface area contributed by atoms with E-state index in [1.54, 1.807) is 0 Å². The van der Waals surface area contributed by atoms with Gasteiger partial charge in [-0.1, -0.05) is 35.5 Å². The molecule has 0 radical (unpaired) electrons. The van der Waals surface area contributed by atoms with Crippen LogP contribution in [0.2, 0.25) is 0 Å². The van der Waals surface area contributed by atoms with Crippen molar-refractivity contribution < 1.29 is 4.52 Å². The first-order valence-electron chi connectivity index (χ1n) is 6.70. The molecular weight excluding hydrogens is 238 g/mol. The summed E-state index contributed by atoms with van der Waals surface area (Å²) in [6.07, 6.45) is 16.2. The Bertz CT molecular complexity index is 545. The highest BCUT2D eigenvalue weighted by Gasteiger charge is 2.21. The molecule has 1 unspecified atom stereocenters. The lowest BCUT2D eigenvalue weighted by Crippen LogP contribution is -2.28. The number of nitrogens with one attached hydrogen (secondary N) is 1. The Labute approximate surface area is 112 Å². The van der Waals surface area contributed by atoms with Crippen molar-refractivity contribution in [3.8, 4) is 0 Å². The fraction of sp³-hybridized carbons (Fsp3) is 0.333. The van der Waals surface area contributed by atoms with Crippen LogP contribution in [0.15, 0.2) is 47.1 Å². The van der Waals surface area contributed by atoms with Gasteiger partial charge in [-0.2, -0.15) is 4.98 Å². The molecule has 1 aromatic heterocycles. The fourth-order valence-corrected chi connectivity index (χ4v) is 2.30. The van der Waals surface area contributed by atoms with Gasteiger partial charge in [0.2, 0.25) is 0 Å². The Morgan fingerprint density at radius 2 is 2.05 bits per heavy atom. The molecule has 1 atom stereocenters. The summed E-state index contributed by atoms with van der Waals surface area (Å²) in [6.45, 7) is 2.03. The van der Waals surface area contributed by atoms with Crippen molar-refractivity contribution in [2.45, 2.75) is 18.8 Å². The molecule has 0 spiro atoms. The van der Waals surface area contributed by atoms with Crippen LogP contribution in [-0.4, -0.2) is 23.2 Å². The highest BCUT2D eigenvalue weighted by atomic mass is 16.5. The number of piperidine rings is 1. The first-order valence-corrected chi connectivity index (χ1v) is 6.70. The Kier molecular flexibility index (Phi) is 3.70. The van der Waals surface area contributed by atoms with Crippen molar-refractivity contribution in [2.24, 2.45) is 0 Å². The molecule has 19 heavy (non-hydrogen) atoms. The SMILES string of the molecule is C1=C\C=C/C(c2nc(C3CCCNC3)no2)=C\C=C/1. The monoisotopic (exact) mass is 255 g/mol. The van der Waals surface area contributed by atoms with Crippen LogP contribution in [0.5, 0.6) is 0 Å². The normalized spacial score (nSPS) is 30.7. The molecule has 1 N–H and O–H groups in total. The summed E-state index contributed by atoms with van der Waals surface area (Å²) in [7, 11) is 0. The first kappa shape index (κ1) is 12.1. The number of rotatable bonds is 2. The van der Waals surface area contributed by atoms with Gasteiger partial charge in [-0.3, -0.25) is 0 Å². The second-order valence-electron chi connectivity index (χ2n) is 4.75. The zero-order chi connectivity index (χ0) is 12.9. The minimum atomic E-state index is 0.375. The first-order chi connectivity index (χ1) is 9.43. The maximum Gasteiger partial charge on any atom is 0.257 e. The van der Waals surface area contributed by atoms with Crippen molar-refractivity contribution in [3.05, 3.63) is 54.2 Å². The van der Waals surface area contributed by atoms with E-state index in [0.29, 0.717) is 11.8 Å². The maximum absolute atomic E-state index is 5.39. The second-order valence-corrected chi connectivity index (χ2v) is 4.75. The van der Waals surface area contributed by atoms with Gasteiger partial charge < -0.3 is 9.84 Å². The van der Waals surface area contributed by atoms with Gasteiger partial charge in [0.1, 0.15) is 0 Å². The predicted molar refractivity (Wildman–Crippen MR) is 74.5 cm³/mol. The van der Waals surface area contributed by atoms with Crippen molar-refractivity contribution in [2.75, 3.05) is 13.1 Å². The fourth-order valence-electron chi connectivity index (χ4n) is 2.30. The number of hydrogen-bond donors (Lipinski definition) is 1. The molecule has 1 aliphatic carbocycles. The molecule has 1 aliphatic heterocycles. The van der Waals surface area contributed by atoms with Gasteiger partial charge >= 0.3 is 0 Å². The average Bonchev–Trinajstić information content (AvgIpc) is 2.89. The second kappa shape index (κ2) is 5.80. The van der Waals surface area contributed by atoms with Gasteiger partial charge in [0.15, 0.2) is 5.82 Å². The molecule has 3 rings (SSSR count). The summed E-state index contributed by atoms with van der Waals surface area (Å²) in [5.74, 6) is 1.79. The molecule has 2 heterocycles. The van der Waals surface area contributed by atoms with E-state index in [0.717, 1.165) is 30.9 Å². The molecule has 4 heteroatoms. The molecule has 4 nitrogen and oxygen atoms in total. The lowest BCUT2D eigenvalue weighted by molar-refractivity contribution is 0.381.